The molecule has 1 N–H and O–H groups in total. The number of hydrogen-bond acceptors (Lipinski definition) is 4. The van der Waals surface area contributed by atoms with Gasteiger partial charge in [-0.3, -0.25) is 0 Å². The summed E-state index contributed by atoms with van der Waals surface area (Å²) in [6.45, 7) is 11.1. The first kappa shape index (κ1) is 14.5. The third-order valence-electron chi connectivity index (χ3n) is 4.13. The average Bonchev–Trinajstić information content (AvgIpc) is 3.02. The van der Waals surface area contributed by atoms with E-state index in [1.54, 1.807) is 0 Å². The van der Waals surface area contributed by atoms with Gasteiger partial charge >= 0.3 is 0 Å². The van der Waals surface area contributed by atoms with Crippen molar-refractivity contribution in [1.82, 2.24) is 10.3 Å². The third-order valence-corrected chi connectivity index (χ3v) is 4.13. The van der Waals surface area contributed by atoms with Crippen LogP contribution in [0.15, 0.2) is 22.6 Å². The Labute approximate surface area is 125 Å². The minimum atomic E-state index is 0.121. The lowest BCUT2D eigenvalue weighted by molar-refractivity contribution is 0.186. The predicted molar refractivity (Wildman–Crippen MR) is 83.7 cm³/mol. The van der Waals surface area contributed by atoms with Crippen molar-refractivity contribution in [2.24, 2.45) is 0 Å². The highest BCUT2D eigenvalue weighted by Crippen LogP contribution is 2.30. The molecule has 1 aliphatic rings. The summed E-state index contributed by atoms with van der Waals surface area (Å²) >= 11 is 0. The first-order valence-electron chi connectivity index (χ1n) is 7.71. The van der Waals surface area contributed by atoms with Gasteiger partial charge in [-0.25, -0.2) is 4.98 Å². The molecule has 1 saturated heterocycles. The highest BCUT2D eigenvalue weighted by atomic mass is 16.5. The predicted octanol–water partition coefficient (Wildman–Crippen LogP) is 3.22. The molecule has 1 fully saturated rings. The second-order valence-corrected chi connectivity index (χ2v) is 6.79. The lowest BCUT2D eigenvalue weighted by Gasteiger charge is -2.18. The van der Waals surface area contributed by atoms with Crippen molar-refractivity contribution in [3.63, 3.8) is 0 Å². The minimum absolute atomic E-state index is 0.121. The molecule has 0 spiro atoms. The monoisotopic (exact) mass is 288 g/mol. The molecule has 2 heterocycles. The van der Waals surface area contributed by atoms with E-state index in [1.165, 1.54) is 5.56 Å². The second kappa shape index (κ2) is 5.43. The van der Waals surface area contributed by atoms with E-state index in [4.69, 9.17) is 14.1 Å². The van der Waals surface area contributed by atoms with Crippen LogP contribution in [-0.2, 0) is 10.2 Å². The van der Waals surface area contributed by atoms with E-state index < -0.39 is 0 Å². The molecule has 0 saturated carbocycles. The summed E-state index contributed by atoms with van der Waals surface area (Å²) in [6, 6.07) is 6.60. The zero-order chi connectivity index (χ0) is 15.0. The first-order valence-corrected chi connectivity index (χ1v) is 7.71. The van der Waals surface area contributed by atoms with Crippen molar-refractivity contribution < 1.29 is 9.15 Å². The average molecular weight is 288 g/mol. The van der Waals surface area contributed by atoms with Crippen LogP contribution in [0, 0.1) is 0 Å². The van der Waals surface area contributed by atoms with Crippen LogP contribution >= 0.6 is 0 Å². The Balaban J connectivity index is 1.94. The summed E-state index contributed by atoms with van der Waals surface area (Å²) < 4.78 is 11.6. The van der Waals surface area contributed by atoms with Gasteiger partial charge < -0.3 is 14.5 Å². The lowest BCUT2D eigenvalue weighted by Crippen LogP contribution is -2.34. The molecule has 0 radical (unpaired) electrons. The van der Waals surface area contributed by atoms with E-state index >= 15 is 0 Å². The Morgan fingerprint density at radius 1 is 1.29 bits per heavy atom. The summed E-state index contributed by atoms with van der Waals surface area (Å²) in [7, 11) is 0. The van der Waals surface area contributed by atoms with E-state index in [-0.39, 0.29) is 11.3 Å². The number of rotatable bonds is 3. The molecule has 4 nitrogen and oxygen atoms in total. The molecule has 2 unspecified atom stereocenters. The smallest absolute Gasteiger partial charge is 0.202 e. The van der Waals surface area contributed by atoms with Crippen LogP contribution in [0.1, 0.15) is 45.1 Å². The largest absolute Gasteiger partial charge is 0.440 e. The summed E-state index contributed by atoms with van der Waals surface area (Å²) in [5, 5.41) is 3.45. The zero-order valence-electron chi connectivity index (χ0n) is 13.3. The van der Waals surface area contributed by atoms with E-state index in [0.29, 0.717) is 12.6 Å². The maximum absolute atomic E-state index is 5.97. The molecule has 2 atom stereocenters. The van der Waals surface area contributed by atoms with Gasteiger partial charge in [0.05, 0.1) is 19.1 Å². The van der Waals surface area contributed by atoms with Crippen LogP contribution in [-0.4, -0.2) is 30.8 Å². The number of benzene rings is 1. The maximum atomic E-state index is 5.97. The normalized spacial score (nSPS) is 23.0. The molecule has 114 valence electrons. The van der Waals surface area contributed by atoms with Gasteiger partial charge in [0.25, 0.3) is 0 Å². The quantitative estimate of drug-likeness (QED) is 0.942. The summed E-state index contributed by atoms with van der Waals surface area (Å²) in [6.07, 6.45) is 0. The van der Waals surface area contributed by atoms with Gasteiger partial charge in [-0.1, -0.05) is 33.8 Å². The highest BCUT2D eigenvalue weighted by molar-refractivity contribution is 5.74. The van der Waals surface area contributed by atoms with E-state index in [0.717, 1.165) is 30.1 Å². The van der Waals surface area contributed by atoms with Gasteiger partial charge in [-0.05, 0) is 29.7 Å². The fourth-order valence-corrected chi connectivity index (χ4v) is 2.83. The van der Waals surface area contributed by atoms with Crippen LogP contribution in [0.3, 0.4) is 0 Å². The lowest BCUT2D eigenvalue weighted by atomic mass is 9.87. The fourth-order valence-electron chi connectivity index (χ4n) is 2.83. The Hall–Kier alpha value is -1.39. The summed E-state index contributed by atoms with van der Waals surface area (Å²) in [4.78, 5) is 4.71. The van der Waals surface area contributed by atoms with Crippen LogP contribution in [0.5, 0.6) is 0 Å². The van der Waals surface area contributed by atoms with Gasteiger partial charge in [0.2, 0.25) is 5.89 Å². The molecule has 4 heteroatoms. The van der Waals surface area contributed by atoms with Gasteiger partial charge in [-0.15, -0.1) is 0 Å². The van der Waals surface area contributed by atoms with E-state index in [9.17, 15) is 0 Å². The molecular weight excluding hydrogens is 264 g/mol. The highest BCUT2D eigenvalue weighted by Gasteiger charge is 2.33. The second-order valence-electron chi connectivity index (χ2n) is 6.79. The van der Waals surface area contributed by atoms with Crippen LogP contribution in [0.2, 0.25) is 0 Å². The van der Waals surface area contributed by atoms with Crippen molar-refractivity contribution in [3.05, 3.63) is 29.7 Å². The standard InChI is InChI=1S/C17H24N2O2/c1-5-18-14-10-20-9-12(14)16-19-13-8-11(17(2,3)4)6-7-15(13)21-16/h6-8,12,14,18H,5,9-10H2,1-4H3. The summed E-state index contributed by atoms with van der Waals surface area (Å²) in [5.41, 5.74) is 3.20. The number of nitrogens with one attached hydrogen (secondary N) is 1. The number of ether oxygens (including phenoxy) is 1. The molecule has 0 bridgehead atoms. The summed E-state index contributed by atoms with van der Waals surface area (Å²) in [5.74, 6) is 0.995. The Morgan fingerprint density at radius 2 is 2.10 bits per heavy atom. The number of hydrogen-bond donors (Lipinski definition) is 1. The number of aromatic nitrogens is 1. The van der Waals surface area contributed by atoms with Crippen molar-refractivity contribution in [1.29, 1.82) is 0 Å². The van der Waals surface area contributed by atoms with Crippen LogP contribution in [0.4, 0.5) is 0 Å². The van der Waals surface area contributed by atoms with Crippen LogP contribution in [0.25, 0.3) is 11.1 Å². The number of oxazole rings is 1. The molecular formula is C17H24N2O2. The van der Waals surface area contributed by atoms with E-state index in [1.807, 2.05) is 6.07 Å². The first-order chi connectivity index (χ1) is 9.99. The van der Waals surface area contributed by atoms with Gasteiger partial charge in [0.15, 0.2) is 5.58 Å². The third kappa shape index (κ3) is 2.83. The molecule has 1 aromatic heterocycles. The molecule has 1 aromatic carbocycles. The van der Waals surface area contributed by atoms with Gasteiger partial charge in [0.1, 0.15) is 5.52 Å². The van der Waals surface area contributed by atoms with E-state index in [2.05, 4.69) is 45.1 Å². The Morgan fingerprint density at radius 3 is 2.81 bits per heavy atom. The molecule has 2 aromatic rings. The molecule has 0 amide bonds. The Kier molecular flexibility index (Phi) is 3.76. The molecule has 1 aliphatic heterocycles. The van der Waals surface area contributed by atoms with Gasteiger partial charge in [-0.2, -0.15) is 0 Å². The fraction of sp³-hybridized carbons (Fsp3) is 0.588. The zero-order valence-corrected chi connectivity index (χ0v) is 13.3. The topological polar surface area (TPSA) is 47.3 Å². The molecule has 21 heavy (non-hydrogen) atoms. The number of fused-ring (bicyclic) bond motifs is 1. The van der Waals surface area contributed by atoms with Crippen molar-refractivity contribution >= 4 is 11.1 Å². The van der Waals surface area contributed by atoms with Crippen molar-refractivity contribution in [3.8, 4) is 0 Å². The SMILES string of the molecule is CCNC1COCC1c1nc2cc(C(C)(C)C)ccc2o1. The maximum Gasteiger partial charge on any atom is 0.202 e. The van der Waals surface area contributed by atoms with Crippen LogP contribution < -0.4 is 5.32 Å². The Bertz CT molecular complexity index is 627. The molecule has 3 rings (SSSR count). The number of nitrogens with zero attached hydrogens (tertiary/aromatic N) is 1. The molecule has 0 aliphatic carbocycles. The van der Waals surface area contributed by atoms with Crippen molar-refractivity contribution in [2.75, 3.05) is 19.8 Å². The van der Waals surface area contributed by atoms with Crippen molar-refractivity contribution in [2.45, 2.75) is 45.1 Å². The minimum Gasteiger partial charge on any atom is -0.440 e. The van der Waals surface area contributed by atoms with Gasteiger partial charge in [0, 0.05) is 6.04 Å². The number of likely N-dealkylation sites (N-methyl/N-ethyl adjacent to an activating group) is 1.